The average Bonchev–Trinajstić information content (AvgIpc) is 0.754. The molecule has 100 heavy (non-hydrogen) atoms. The lowest BCUT2D eigenvalue weighted by atomic mass is 9.80. The van der Waals surface area contributed by atoms with Gasteiger partial charge in [0.1, 0.15) is 29.8 Å². The molecule has 0 heterocycles. The molecule has 2 unspecified atom stereocenters. The van der Waals surface area contributed by atoms with Crippen molar-refractivity contribution in [1.29, 1.82) is 0 Å². The van der Waals surface area contributed by atoms with Gasteiger partial charge in [-0.1, -0.05) is 67.4 Å². The summed E-state index contributed by atoms with van der Waals surface area (Å²) in [6.45, 7) is 18.1. The molecule has 0 radical (unpaired) electrons. The second-order valence-corrected chi connectivity index (χ2v) is 25.6. The summed E-state index contributed by atoms with van der Waals surface area (Å²) in [5.74, 6) is 0.208. The van der Waals surface area contributed by atoms with Gasteiger partial charge in [0, 0.05) is 95.9 Å². The summed E-state index contributed by atoms with van der Waals surface area (Å²) in [7, 11) is 11.5. The van der Waals surface area contributed by atoms with Crippen LogP contribution in [0.25, 0.3) is 4.85 Å². The number of esters is 1. The van der Waals surface area contributed by atoms with E-state index in [1.807, 2.05) is 165 Å². The van der Waals surface area contributed by atoms with Crippen LogP contribution < -0.4 is 35.2 Å². The normalized spacial score (nSPS) is 12.0. The van der Waals surface area contributed by atoms with Crippen LogP contribution in [0.1, 0.15) is 110 Å². The van der Waals surface area contributed by atoms with Crippen molar-refractivity contribution < 1.29 is 51.9 Å². The molecule has 3 amide bonds. The third kappa shape index (κ3) is 26.3. The first kappa shape index (κ1) is 79.5. The standard InChI is InChI=1S/C47H53N5O8.C30H45N6O3P/c1-48-44(53)28-29-45(54)60-43(32-58-31-9-30-49-46(55)34-12-18-38(19-13-34)50-51-39-20-22-40(23-21-39)52(2)3)33-59-47(35-10-7-6-8-11-35,36-14-24-41(56-4)25-15-36)37-16-26-42(57-5)27-17-37;1-24(2)36(25(3)4)40(39-23-21-31-5)38-22-11-9-8-10-20-32-30(37)26-12-14-27(15-13-26)33-34-28-16-18-29(19-17-28)35(6)7/h6-8,10-27,43H,9,28-33H2,1-5H3,(H,48,53)(H,49,55);12-19,24-25H,8-11,20-23H2,1-4,6-7H3,(H,32,37). The number of azo groups is 2. The number of methoxy groups -OCH3 is 2. The Morgan fingerprint density at radius 2 is 0.960 bits per heavy atom. The number of rotatable bonds is 40. The maximum Gasteiger partial charge on any atom is 0.306 e. The van der Waals surface area contributed by atoms with E-state index in [2.05, 4.69) is 73.6 Å². The van der Waals surface area contributed by atoms with Gasteiger partial charge < -0.3 is 63.3 Å². The van der Waals surface area contributed by atoms with E-state index in [4.69, 9.17) is 39.3 Å². The number of hydrogen-bond acceptors (Lipinski definition) is 18. The van der Waals surface area contributed by atoms with E-state index in [9.17, 15) is 19.2 Å². The molecule has 0 aliphatic heterocycles. The van der Waals surface area contributed by atoms with E-state index < -0.39 is 26.2 Å². The highest BCUT2D eigenvalue weighted by molar-refractivity contribution is 7.44. The van der Waals surface area contributed by atoms with Crippen LogP contribution in [0.2, 0.25) is 0 Å². The lowest BCUT2D eigenvalue weighted by molar-refractivity contribution is -0.160. The van der Waals surface area contributed by atoms with Crippen LogP contribution in [0.5, 0.6) is 11.5 Å². The topological polar surface area (TPSA) is 232 Å². The van der Waals surface area contributed by atoms with E-state index in [0.717, 1.165) is 65.1 Å². The Morgan fingerprint density at radius 3 is 1.40 bits per heavy atom. The maximum absolute atomic E-state index is 13.0. The molecule has 22 nitrogen and oxygen atoms in total. The molecule has 3 N–H and O–H groups in total. The zero-order valence-electron chi connectivity index (χ0n) is 59.6. The van der Waals surface area contributed by atoms with Crippen molar-refractivity contribution >= 4 is 66.3 Å². The Hall–Kier alpha value is -9.46. The van der Waals surface area contributed by atoms with Gasteiger partial charge in [0.15, 0.2) is 0 Å². The lowest BCUT2D eigenvalue weighted by Gasteiger charge is -2.37. The minimum Gasteiger partial charge on any atom is -0.497 e. The fraction of sp³-hybridized carbons (Fsp3) is 0.390. The number of nitrogens with zero attached hydrogens (tertiary/aromatic N) is 8. The molecule has 7 aromatic carbocycles. The van der Waals surface area contributed by atoms with Gasteiger partial charge in [-0.15, -0.1) is 0 Å². The van der Waals surface area contributed by atoms with Gasteiger partial charge in [0.2, 0.25) is 12.5 Å². The summed E-state index contributed by atoms with van der Waals surface area (Å²) in [4.78, 5) is 57.8. The van der Waals surface area contributed by atoms with Crippen LogP contribution in [0.3, 0.4) is 0 Å². The van der Waals surface area contributed by atoms with Crippen molar-refractivity contribution in [3.05, 3.63) is 215 Å². The summed E-state index contributed by atoms with van der Waals surface area (Å²) in [6, 6.07) is 55.2. The molecule has 0 aliphatic rings. The molecule has 0 aromatic heterocycles. The summed E-state index contributed by atoms with van der Waals surface area (Å²) in [5, 5.41) is 25.5. The van der Waals surface area contributed by atoms with Crippen molar-refractivity contribution in [2.75, 3.05) is 112 Å². The van der Waals surface area contributed by atoms with Crippen LogP contribution in [0.15, 0.2) is 196 Å². The van der Waals surface area contributed by atoms with Crippen LogP contribution in [-0.4, -0.2) is 149 Å². The third-order valence-electron chi connectivity index (χ3n) is 15.6. The molecule has 0 saturated carbocycles. The molecule has 0 spiro atoms. The zero-order valence-corrected chi connectivity index (χ0v) is 60.5. The Balaban J connectivity index is 0.000000342. The molecule has 7 rings (SSSR count). The van der Waals surface area contributed by atoms with E-state index >= 15 is 0 Å². The minimum absolute atomic E-state index is 0.00552. The highest BCUT2D eigenvalue weighted by Crippen LogP contribution is 2.46. The number of hydrogen-bond donors (Lipinski definition) is 3. The SMILES string of the molecule is CNC(=O)CCC(=O)OC(COCCCNC(=O)c1ccc(N=Nc2ccc(N(C)C)cc2)cc1)COC(c1ccccc1)(c1ccc(OC)cc1)c1ccc(OC)cc1.[C-]#[N+]CCOP(OCCCCCCNC(=O)c1ccc(N=Nc2ccc(N(C)C)cc2)cc1)N(C(C)C)C(C)C. The number of ether oxygens (including phenoxy) is 5. The van der Waals surface area contributed by atoms with Crippen LogP contribution >= 0.6 is 8.53 Å². The fourth-order valence-corrected chi connectivity index (χ4v) is 11.9. The van der Waals surface area contributed by atoms with E-state index in [-0.39, 0.29) is 50.4 Å². The molecular weight excluding hydrogens is 1290 g/mol. The molecule has 7 aromatic rings. The molecular formula is C77H98N11O11P. The largest absolute Gasteiger partial charge is 0.497 e. The summed E-state index contributed by atoms with van der Waals surface area (Å²) >= 11 is 0. The fourth-order valence-electron chi connectivity index (χ4n) is 10.2. The highest BCUT2D eigenvalue weighted by Gasteiger charge is 2.39. The van der Waals surface area contributed by atoms with Gasteiger partial charge in [-0.05, 0) is 185 Å². The minimum atomic E-state index is -1.18. The quantitative estimate of drug-likeness (QED) is 0.00810. The van der Waals surface area contributed by atoms with E-state index in [1.54, 1.807) is 62.8 Å². The first-order valence-electron chi connectivity index (χ1n) is 33.7. The van der Waals surface area contributed by atoms with Crippen molar-refractivity contribution in [1.82, 2.24) is 20.6 Å². The average molecular weight is 1380 g/mol. The molecule has 0 saturated heterocycles. The van der Waals surface area contributed by atoms with Crippen LogP contribution in [-0.2, 0) is 38.4 Å². The number of anilines is 2. The monoisotopic (exact) mass is 1380 g/mol. The Bertz CT molecular complexity index is 3600. The predicted molar refractivity (Wildman–Crippen MR) is 395 cm³/mol. The Labute approximate surface area is 591 Å². The van der Waals surface area contributed by atoms with E-state index in [1.165, 1.54) is 7.05 Å². The van der Waals surface area contributed by atoms with Crippen molar-refractivity contribution in [2.45, 2.75) is 96.4 Å². The van der Waals surface area contributed by atoms with Crippen molar-refractivity contribution in [3.63, 3.8) is 0 Å². The summed E-state index contributed by atoms with van der Waals surface area (Å²) < 4.78 is 44.1. The van der Waals surface area contributed by atoms with Gasteiger partial charge in [-0.25, -0.2) is 11.2 Å². The first-order valence-corrected chi connectivity index (χ1v) is 34.8. The number of nitrogens with one attached hydrogen (secondary N) is 3. The molecule has 0 aliphatic carbocycles. The Morgan fingerprint density at radius 1 is 0.520 bits per heavy atom. The van der Waals surface area contributed by atoms with Gasteiger partial charge in [-0.2, -0.15) is 20.5 Å². The molecule has 532 valence electrons. The summed E-state index contributed by atoms with van der Waals surface area (Å²) in [5.41, 5.74) is 7.39. The molecule has 2 atom stereocenters. The first-order chi connectivity index (χ1) is 48.4. The number of benzene rings is 7. The van der Waals surface area contributed by atoms with Crippen LogP contribution in [0.4, 0.5) is 34.1 Å². The van der Waals surface area contributed by atoms with E-state index in [0.29, 0.717) is 85.4 Å². The zero-order chi connectivity index (χ0) is 72.1. The number of carbonyl (C=O) groups is 4. The second-order valence-electron chi connectivity index (χ2n) is 24.1. The Kier molecular flexibility index (Phi) is 34.3. The summed E-state index contributed by atoms with van der Waals surface area (Å²) in [6.07, 6.45) is 3.38. The van der Waals surface area contributed by atoms with Gasteiger partial charge in [0.05, 0.1) is 63.2 Å². The third-order valence-corrected chi connectivity index (χ3v) is 17.7. The lowest BCUT2D eigenvalue weighted by Crippen LogP contribution is -2.38. The van der Waals surface area contributed by atoms with Gasteiger partial charge in [0.25, 0.3) is 20.3 Å². The number of amides is 3. The maximum atomic E-state index is 13.0. The number of unbranched alkanes of at least 4 members (excludes halogenated alkanes) is 3. The highest BCUT2D eigenvalue weighted by atomic mass is 31.2. The number of carbonyl (C=O) groups excluding carboxylic acids is 4. The molecule has 0 bridgehead atoms. The van der Waals surface area contributed by atoms with Crippen molar-refractivity contribution in [2.24, 2.45) is 20.5 Å². The van der Waals surface area contributed by atoms with Crippen molar-refractivity contribution in [3.8, 4) is 11.5 Å². The predicted octanol–water partition coefficient (Wildman–Crippen LogP) is 15.5. The van der Waals surface area contributed by atoms with Gasteiger partial charge >= 0.3 is 5.97 Å². The van der Waals surface area contributed by atoms with Gasteiger partial charge in [-0.3, -0.25) is 19.2 Å². The molecule has 0 fully saturated rings. The second kappa shape index (κ2) is 43.2. The van der Waals surface area contributed by atoms with Crippen LogP contribution in [0, 0.1) is 6.57 Å². The smallest absolute Gasteiger partial charge is 0.306 e. The molecule has 23 heteroatoms.